The van der Waals surface area contributed by atoms with Crippen LogP contribution in [0.4, 0.5) is 0 Å². The molecule has 0 aliphatic carbocycles. The normalized spacial score (nSPS) is 12.1. The number of nitrogens with zero attached hydrogens (tertiary/aromatic N) is 3. The Bertz CT molecular complexity index is 1360. The van der Waals surface area contributed by atoms with Crippen molar-refractivity contribution in [3.05, 3.63) is 57.5 Å². The molecule has 0 unspecified atom stereocenters. The van der Waals surface area contributed by atoms with Crippen LogP contribution in [0.3, 0.4) is 0 Å². The summed E-state index contributed by atoms with van der Waals surface area (Å²) in [7, 11) is 7.57. The van der Waals surface area contributed by atoms with Crippen molar-refractivity contribution in [1.82, 2.24) is 14.2 Å². The van der Waals surface area contributed by atoms with Crippen molar-refractivity contribution in [2.45, 2.75) is 20.0 Å². The summed E-state index contributed by atoms with van der Waals surface area (Å²) >= 11 is 0. The summed E-state index contributed by atoms with van der Waals surface area (Å²) in [5.41, 5.74) is 2.52. The van der Waals surface area contributed by atoms with Crippen LogP contribution in [-0.4, -0.2) is 53.3 Å². The molecule has 0 aliphatic rings. The summed E-state index contributed by atoms with van der Waals surface area (Å²) < 4.78 is 7.93. The van der Waals surface area contributed by atoms with E-state index in [1.54, 1.807) is 28.8 Å². The fourth-order valence-corrected chi connectivity index (χ4v) is 4.05. The molecule has 4 rings (SSSR count). The molecule has 0 atom stereocenters. The van der Waals surface area contributed by atoms with Gasteiger partial charge in [-0.3, -0.25) is 9.59 Å². The third kappa shape index (κ3) is 3.07. The van der Waals surface area contributed by atoms with E-state index < -0.39 is 0 Å². The summed E-state index contributed by atoms with van der Waals surface area (Å²) in [5.74, 6) is -0.0863. The average Bonchev–Trinajstić information content (AvgIpc) is 3.00. The summed E-state index contributed by atoms with van der Waals surface area (Å²) in [6.07, 6.45) is 1.75. The van der Waals surface area contributed by atoms with Crippen molar-refractivity contribution in [3.8, 4) is 5.75 Å². The third-order valence-electron chi connectivity index (χ3n) is 5.20. The van der Waals surface area contributed by atoms with E-state index in [0.29, 0.717) is 51.8 Å². The molecular formula is C23H25N3O4. The van der Waals surface area contributed by atoms with E-state index in [9.17, 15) is 14.7 Å². The molecule has 1 aromatic carbocycles. The minimum Gasteiger partial charge on any atom is -0.507 e. The summed E-state index contributed by atoms with van der Waals surface area (Å²) in [6.45, 7) is 2.33. The van der Waals surface area contributed by atoms with Gasteiger partial charge >= 0.3 is 0 Å². The summed E-state index contributed by atoms with van der Waals surface area (Å²) in [5, 5.41) is 11.8. The number of benzene rings is 1. The first kappa shape index (κ1) is 20.1. The molecule has 7 heteroatoms. The van der Waals surface area contributed by atoms with E-state index in [4.69, 9.17) is 4.42 Å². The van der Waals surface area contributed by atoms with Gasteiger partial charge in [0.1, 0.15) is 17.0 Å². The average molecular weight is 407 g/mol. The zero-order chi connectivity index (χ0) is 21.7. The Labute approximate surface area is 173 Å². The van der Waals surface area contributed by atoms with Crippen LogP contribution in [-0.2, 0) is 13.1 Å². The Kier molecular flexibility index (Phi) is 4.88. The number of aromatic nitrogens is 1. The molecule has 0 saturated heterocycles. The van der Waals surface area contributed by atoms with E-state index >= 15 is 0 Å². The number of phenols is 1. The Balaban J connectivity index is 2.23. The maximum absolute atomic E-state index is 13.6. The van der Waals surface area contributed by atoms with Gasteiger partial charge in [-0.1, -0.05) is 6.07 Å². The molecule has 0 fully saturated rings. The van der Waals surface area contributed by atoms with Crippen LogP contribution in [0.1, 0.15) is 28.5 Å². The topological polar surface area (TPSA) is 78.4 Å². The van der Waals surface area contributed by atoms with E-state index in [-0.39, 0.29) is 22.5 Å². The fourth-order valence-electron chi connectivity index (χ4n) is 4.05. The standard InChI is InChI=1S/C23H25N3O4/c1-13(27)19-23-18(17-8-6-7-9-26(17)19)21(29)15-10-14(11-24(2)3)20(28)16(12-25(4)5)22(15)30-23/h6-10,28H,11-12H2,1-5H3. The number of phenolic OH excluding ortho intramolecular Hbond substituents is 1. The second-order valence-electron chi connectivity index (χ2n) is 8.21. The minimum absolute atomic E-state index is 0.112. The Morgan fingerprint density at radius 3 is 2.43 bits per heavy atom. The van der Waals surface area contributed by atoms with E-state index in [1.165, 1.54) is 6.92 Å². The van der Waals surface area contributed by atoms with Crippen LogP contribution < -0.4 is 5.43 Å². The number of aromatic hydroxyl groups is 1. The molecule has 1 N–H and O–H groups in total. The zero-order valence-corrected chi connectivity index (χ0v) is 17.8. The highest BCUT2D eigenvalue weighted by Crippen LogP contribution is 2.35. The lowest BCUT2D eigenvalue weighted by Gasteiger charge is -2.18. The Morgan fingerprint density at radius 1 is 1.10 bits per heavy atom. The molecule has 0 saturated carbocycles. The summed E-state index contributed by atoms with van der Waals surface area (Å²) in [6, 6.07) is 7.14. The predicted octanol–water partition coefficient (Wildman–Crippen LogP) is 3.23. The number of pyridine rings is 1. The Morgan fingerprint density at radius 2 is 1.80 bits per heavy atom. The predicted molar refractivity (Wildman–Crippen MR) is 117 cm³/mol. The van der Waals surface area contributed by atoms with Gasteiger partial charge < -0.3 is 23.7 Å². The van der Waals surface area contributed by atoms with Gasteiger partial charge in [0, 0.05) is 31.8 Å². The molecule has 0 bridgehead atoms. The number of fused-ring (bicyclic) bond motifs is 4. The first-order valence-electron chi connectivity index (χ1n) is 9.74. The number of hydrogen-bond donors (Lipinski definition) is 1. The van der Waals surface area contributed by atoms with Crippen LogP contribution in [0.15, 0.2) is 39.7 Å². The van der Waals surface area contributed by atoms with E-state index in [0.717, 1.165) is 0 Å². The van der Waals surface area contributed by atoms with Crippen LogP contribution in [0.25, 0.3) is 27.5 Å². The van der Waals surface area contributed by atoms with Gasteiger partial charge in [-0.2, -0.15) is 0 Å². The quantitative estimate of drug-likeness (QED) is 0.512. The number of Topliss-reactive ketones (excluding diaryl/α,β-unsaturated/α-hetero) is 1. The monoisotopic (exact) mass is 407 g/mol. The van der Waals surface area contributed by atoms with Crippen molar-refractivity contribution in [3.63, 3.8) is 0 Å². The van der Waals surface area contributed by atoms with Gasteiger partial charge in [0.15, 0.2) is 11.4 Å². The van der Waals surface area contributed by atoms with E-state index in [1.807, 2.05) is 44.1 Å². The van der Waals surface area contributed by atoms with Crippen molar-refractivity contribution >= 4 is 33.2 Å². The lowest BCUT2D eigenvalue weighted by molar-refractivity contribution is 0.101. The first-order chi connectivity index (χ1) is 14.2. The van der Waals surface area contributed by atoms with Crippen molar-refractivity contribution < 1.29 is 14.3 Å². The Hall–Kier alpha value is -3.16. The minimum atomic E-state index is -0.206. The highest BCUT2D eigenvalue weighted by Gasteiger charge is 2.25. The summed E-state index contributed by atoms with van der Waals surface area (Å²) in [4.78, 5) is 29.9. The van der Waals surface area contributed by atoms with Crippen molar-refractivity contribution in [1.29, 1.82) is 0 Å². The molecule has 7 nitrogen and oxygen atoms in total. The van der Waals surface area contributed by atoms with Gasteiger partial charge in [0.2, 0.25) is 5.43 Å². The number of rotatable bonds is 5. The second kappa shape index (κ2) is 7.27. The molecule has 0 aliphatic heterocycles. The number of carbonyl (C=O) groups excluding carboxylic acids is 1. The maximum Gasteiger partial charge on any atom is 0.202 e. The molecule has 0 radical (unpaired) electrons. The van der Waals surface area contributed by atoms with Gasteiger partial charge in [-0.05, 0) is 46.4 Å². The molecule has 0 spiro atoms. The maximum atomic E-state index is 13.6. The molecular weight excluding hydrogens is 382 g/mol. The van der Waals surface area contributed by atoms with Gasteiger partial charge in [-0.25, -0.2) is 0 Å². The molecule has 4 aromatic rings. The smallest absolute Gasteiger partial charge is 0.202 e. The molecule has 156 valence electrons. The highest BCUT2D eigenvalue weighted by molar-refractivity contribution is 6.12. The lowest BCUT2D eigenvalue weighted by atomic mass is 10.0. The van der Waals surface area contributed by atoms with Crippen LogP contribution >= 0.6 is 0 Å². The largest absolute Gasteiger partial charge is 0.507 e. The molecule has 3 aromatic heterocycles. The molecule has 30 heavy (non-hydrogen) atoms. The van der Waals surface area contributed by atoms with Crippen LogP contribution in [0.2, 0.25) is 0 Å². The third-order valence-corrected chi connectivity index (χ3v) is 5.20. The van der Waals surface area contributed by atoms with Crippen LogP contribution in [0.5, 0.6) is 5.75 Å². The zero-order valence-electron chi connectivity index (χ0n) is 17.8. The SMILES string of the molecule is CC(=O)c1c2oc3c(CN(C)C)c(O)c(CN(C)C)cc3c(=O)c2c2ccccn12. The van der Waals surface area contributed by atoms with Gasteiger partial charge in [-0.15, -0.1) is 0 Å². The molecule has 0 amide bonds. The van der Waals surface area contributed by atoms with Crippen molar-refractivity contribution in [2.24, 2.45) is 0 Å². The first-order valence-corrected chi connectivity index (χ1v) is 9.74. The lowest BCUT2D eigenvalue weighted by Crippen LogP contribution is -2.15. The van der Waals surface area contributed by atoms with Gasteiger partial charge in [0.05, 0.1) is 21.9 Å². The fraction of sp³-hybridized carbons (Fsp3) is 0.304. The highest BCUT2D eigenvalue weighted by atomic mass is 16.3. The van der Waals surface area contributed by atoms with E-state index in [2.05, 4.69) is 0 Å². The number of hydrogen-bond acceptors (Lipinski definition) is 6. The number of carbonyl (C=O) groups is 1. The molecule has 3 heterocycles. The van der Waals surface area contributed by atoms with Crippen molar-refractivity contribution in [2.75, 3.05) is 28.2 Å². The van der Waals surface area contributed by atoms with Crippen LogP contribution in [0, 0.1) is 0 Å². The van der Waals surface area contributed by atoms with Gasteiger partial charge in [0.25, 0.3) is 0 Å². The second-order valence-corrected chi connectivity index (χ2v) is 8.21. The number of ketones is 1.